The van der Waals surface area contributed by atoms with Gasteiger partial charge in [0.2, 0.25) is 0 Å². The first kappa shape index (κ1) is 15.3. The van der Waals surface area contributed by atoms with Crippen LogP contribution in [0.5, 0.6) is 5.75 Å². The third-order valence-electron chi connectivity index (χ3n) is 2.72. The zero-order chi connectivity index (χ0) is 13.4. The minimum Gasteiger partial charge on any atom is -0.492 e. The standard InChI is InChI=1S/C14H22FNOS/c1-3-13(16)10-11-9-12(15)5-6-14(11)17-7-8-18-4-2/h5-6,9,13H,3-4,7-8,10,16H2,1-2H3. The Morgan fingerprint density at radius 3 is 2.83 bits per heavy atom. The summed E-state index contributed by atoms with van der Waals surface area (Å²) in [4.78, 5) is 0. The highest BCUT2D eigenvalue weighted by molar-refractivity contribution is 7.99. The molecule has 18 heavy (non-hydrogen) atoms. The summed E-state index contributed by atoms with van der Waals surface area (Å²) >= 11 is 1.83. The average Bonchev–Trinajstić information content (AvgIpc) is 2.36. The molecule has 2 N–H and O–H groups in total. The van der Waals surface area contributed by atoms with E-state index >= 15 is 0 Å². The van der Waals surface area contributed by atoms with Crippen LogP contribution in [-0.4, -0.2) is 24.2 Å². The first-order valence-corrected chi connectivity index (χ1v) is 7.57. The molecule has 4 heteroatoms. The van der Waals surface area contributed by atoms with Gasteiger partial charge in [0.05, 0.1) is 6.61 Å². The van der Waals surface area contributed by atoms with Crippen molar-refractivity contribution in [3.63, 3.8) is 0 Å². The number of hydrogen-bond acceptors (Lipinski definition) is 3. The van der Waals surface area contributed by atoms with Crippen LogP contribution in [-0.2, 0) is 6.42 Å². The molecule has 0 fully saturated rings. The largest absolute Gasteiger partial charge is 0.492 e. The van der Waals surface area contributed by atoms with Crippen molar-refractivity contribution in [2.24, 2.45) is 5.73 Å². The topological polar surface area (TPSA) is 35.2 Å². The lowest BCUT2D eigenvalue weighted by Crippen LogP contribution is -2.22. The van der Waals surface area contributed by atoms with Gasteiger partial charge >= 0.3 is 0 Å². The van der Waals surface area contributed by atoms with Crippen LogP contribution >= 0.6 is 11.8 Å². The van der Waals surface area contributed by atoms with Gasteiger partial charge in [-0.15, -0.1) is 0 Å². The summed E-state index contributed by atoms with van der Waals surface area (Å²) in [6, 6.07) is 4.71. The average molecular weight is 271 g/mol. The fraction of sp³-hybridized carbons (Fsp3) is 0.571. The van der Waals surface area contributed by atoms with E-state index in [2.05, 4.69) is 6.92 Å². The van der Waals surface area contributed by atoms with Crippen LogP contribution in [0.25, 0.3) is 0 Å². The predicted octanol–water partition coefficient (Wildman–Crippen LogP) is 3.24. The van der Waals surface area contributed by atoms with Crippen LogP contribution in [0.3, 0.4) is 0 Å². The molecule has 0 spiro atoms. The van der Waals surface area contributed by atoms with Crippen molar-refractivity contribution < 1.29 is 9.13 Å². The predicted molar refractivity (Wildman–Crippen MR) is 76.9 cm³/mol. The normalized spacial score (nSPS) is 12.4. The summed E-state index contributed by atoms with van der Waals surface area (Å²) in [6.45, 7) is 4.80. The third kappa shape index (κ3) is 5.27. The molecule has 0 aliphatic carbocycles. The quantitative estimate of drug-likeness (QED) is 0.737. The molecule has 1 unspecified atom stereocenters. The Morgan fingerprint density at radius 2 is 2.17 bits per heavy atom. The highest BCUT2D eigenvalue weighted by Gasteiger charge is 2.09. The molecule has 1 rings (SSSR count). The van der Waals surface area contributed by atoms with E-state index < -0.39 is 0 Å². The Bertz CT molecular complexity index is 360. The Labute approximate surface area is 113 Å². The lowest BCUT2D eigenvalue weighted by Gasteiger charge is -2.14. The Morgan fingerprint density at radius 1 is 1.39 bits per heavy atom. The lowest BCUT2D eigenvalue weighted by molar-refractivity contribution is 0.338. The molecule has 1 aromatic carbocycles. The Kier molecular flexibility index (Phi) is 7.13. The minimum absolute atomic E-state index is 0.0548. The summed E-state index contributed by atoms with van der Waals surface area (Å²) in [5, 5.41) is 0. The maximum Gasteiger partial charge on any atom is 0.123 e. The summed E-state index contributed by atoms with van der Waals surface area (Å²) in [5.74, 6) is 2.56. The van der Waals surface area contributed by atoms with Crippen LogP contribution in [0.4, 0.5) is 4.39 Å². The third-order valence-corrected chi connectivity index (χ3v) is 3.58. The summed E-state index contributed by atoms with van der Waals surface area (Å²) < 4.78 is 18.9. The van der Waals surface area contributed by atoms with Crippen molar-refractivity contribution >= 4 is 11.8 Å². The van der Waals surface area contributed by atoms with Crippen molar-refractivity contribution in [2.45, 2.75) is 32.7 Å². The number of thioether (sulfide) groups is 1. The number of nitrogens with two attached hydrogens (primary N) is 1. The van der Waals surface area contributed by atoms with Crippen LogP contribution in [0.15, 0.2) is 18.2 Å². The zero-order valence-electron chi connectivity index (χ0n) is 11.1. The van der Waals surface area contributed by atoms with Crippen molar-refractivity contribution in [3.05, 3.63) is 29.6 Å². The van der Waals surface area contributed by atoms with E-state index in [-0.39, 0.29) is 11.9 Å². The minimum atomic E-state index is -0.233. The smallest absolute Gasteiger partial charge is 0.123 e. The highest BCUT2D eigenvalue weighted by Crippen LogP contribution is 2.22. The first-order valence-electron chi connectivity index (χ1n) is 6.41. The van der Waals surface area contributed by atoms with E-state index in [1.165, 1.54) is 12.1 Å². The molecule has 102 valence electrons. The molecule has 0 aromatic heterocycles. The summed E-state index contributed by atoms with van der Waals surface area (Å²) in [7, 11) is 0. The number of benzene rings is 1. The number of rotatable bonds is 8. The molecule has 0 saturated carbocycles. The molecule has 1 atom stereocenters. The molecular weight excluding hydrogens is 249 g/mol. The monoisotopic (exact) mass is 271 g/mol. The van der Waals surface area contributed by atoms with Crippen LogP contribution in [0.2, 0.25) is 0 Å². The Balaban J connectivity index is 2.64. The van der Waals surface area contributed by atoms with E-state index in [0.717, 1.165) is 29.2 Å². The van der Waals surface area contributed by atoms with Crippen LogP contribution < -0.4 is 10.5 Å². The molecule has 0 aliphatic rings. The molecule has 0 saturated heterocycles. The second-order valence-electron chi connectivity index (χ2n) is 4.17. The van der Waals surface area contributed by atoms with Gasteiger partial charge in [0.15, 0.2) is 0 Å². The van der Waals surface area contributed by atoms with Gasteiger partial charge in [0.25, 0.3) is 0 Å². The lowest BCUT2D eigenvalue weighted by atomic mass is 10.0. The summed E-state index contributed by atoms with van der Waals surface area (Å²) in [6.07, 6.45) is 1.53. The van der Waals surface area contributed by atoms with Gasteiger partial charge in [-0.2, -0.15) is 11.8 Å². The van der Waals surface area contributed by atoms with Crippen molar-refractivity contribution in [1.29, 1.82) is 0 Å². The van der Waals surface area contributed by atoms with E-state index in [9.17, 15) is 4.39 Å². The number of ether oxygens (including phenoxy) is 1. The van der Waals surface area contributed by atoms with E-state index in [0.29, 0.717) is 13.0 Å². The molecular formula is C14H22FNOS. The maximum absolute atomic E-state index is 13.2. The fourth-order valence-corrected chi connectivity index (χ4v) is 2.12. The van der Waals surface area contributed by atoms with Gasteiger partial charge < -0.3 is 10.5 Å². The van der Waals surface area contributed by atoms with E-state index in [1.807, 2.05) is 18.7 Å². The Hall–Kier alpha value is -0.740. The van der Waals surface area contributed by atoms with Crippen LogP contribution in [0.1, 0.15) is 25.8 Å². The number of halogens is 1. The van der Waals surface area contributed by atoms with Crippen molar-refractivity contribution in [3.8, 4) is 5.75 Å². The zero-order valence-corrected chi connectivity index (χ0v) is 11.9. The molecule has 2 nitrogen and oxygen atoms in total. The highest BCUT2D eigenvalue weighted by atomic mass is 32.2. The molecule has 0 amide bonds. The fourth-order valence-electron chi connectivity index (χ4n) is 1.63. The molecule has 1 aromatic rings. The molecule has 0 heterocycles. The van der Waals surface area contributed by atoms with Gasteiger partial charge in [-0.25, -0.2) is 4.39 Å². The molecule has 0 aliphatic heterocycles. The van der Waals surface area contributed by atoms with Gasteiger partial charge in [-0.05, 0) is 42.4 Å². The second kappa shape index (κ2) is 8.38. The number of hydrogen-bond donors (Lipinski definition) is 1. The second-order valence-corrected chi connectivity index (χ2v) is 5.56. The van der Waals surface area contributed by atoms with Crippen molar-refractivity contribution in [2.75, 3.05) is 18.1 Å². The van der Waals surface area contributed by atoms with E-state index in [4.69, 9.17) is 10.5 Å². The van der Waals surface area contributed by atoms with Crippen molar-refractivity contribution in [1.82, 2.24) is 0 Å². The maximum atomic E-state index is 13.2. The van der Waals surface area contributed by atoms with Gasteiger partial charge in [-0.1, -0.05) is 13.8 Å². The SMILES string of the molecule is CCSCCOc1ccc(F)cc1CC(N)CC. The van der Waals surface area contributed by atoms with E-state index in [1.54, 1.807) is 6.07 Å². The van der Waals surface area contributed by atoms with Crippen LogP contribution in [0, 0.1) is 5.82 Å². The van der Waals surface area contributed by atoms with Gasteiger partial charge in [-0.3, -0.25) is 0 Å². The molecule has 0 radical (unpaired) electrons. The van der Waals surface area contributed by atoms with Gasteiger partial charge in [0, 0.05) is 11.8 Å². The van der Waals surface area contributed by atoms with Gasteiger partial charge in [0.1, 0.15) is 11.6 Å². The summed E-state index contributed by atoms with van der Waals surface area (Å²) in [5.41, 5.74) is 6.78. The molecule has 0 bridgehead atoms. The first-order chi connectivity index (χ1) is 8.67.